The van der Waals surface area contributed by atoms with Crippen molar-refractivity contribution in [3.05, 3.63) is 60.6 Å². The van der Waals surface area contributed by atoms with Crippen LogP contribution in [-0.2, 0) is 6.54 Å². The van der Waals surface area contributed by atoms with Crippen LogP contribution in [0.15, 0.2) is 53.7 Å². The Kier molecular flexibility index (Phi) is 3.65. The molecule has 1 saturated heterocycles. The van der Waals surface area contributed by atoms with Gasteiger partial charge in [0.2, 0.25) is 0 Å². The van der Waals surface area contributed by atoms with E-state index >= 15 is 0 Å². The number of pyridine rings is 1. The normalized spacial score (nSPS) is 14.6. The highest BCUT2D eigenvalue weighted by molar-refractivity contribution is 5.94. The van der Waals surface area contributed by atoms with E-state index in [9.17, 15) is 4.79 Å². The summed E-state index contributed by atoms with van der Waals surface area (Å²) in [5.74, 6) is 1.43. The third-order valence-corrected chi connectivity index (χ3v) is 4.45. The Bertz CT molecular complexity index is 833. The van der Waals surface area contributed by atoms with Crippen LogP contribution in [0.4, 0.5) is 0 Å². The number of hydrogen-bond donors (Lipinski definition) is 0. The molecule has 3 aromatic heterocycles. The highest BCUT2D eigenvalue weighted by atomic mass is 16.3. The topological polar surface area (TPSA) is 64.2 Å². The van der Waals surface area contributed by atoms with Crippen LogP contribution >= 0.6 is 0 Å². The molecule has 1 aliphatic rings. The van der Waals surface area contributed by atoms with Crippen molar-refractivity contribution < 1.29 is 9.21 Å². The molecule has 0 atom stereocenters. The predicted octanol–water partition coefficient (Wildman–Crippen LogP) is 2.62. The predicted molar refractivity (Wildman–Crippen MR) is 88.3 cm³/mol. The standard InChI is InChI=1S/C18H18N4O2/c1-13-8-20-17(15-2-5-19-6-3-15)22(13)11-14-9-21(10-14)18(23)16-4-7-24-12-16/h2-8,12,14H,9-11H2,1H3. The van der Waals surface area contributed by atoms with Gasteiger partial charge in [-0.15, -0.1) is 0 Å². The van der Waals surface area contributed by atoms with Crippen molar-refractivity contribution >= 4 is 5.91 Å². The molecule has 0 saturated carbocycles. The first kappa shape index (κ1) is 14.7. The molecular formula is C18H18N4O2. The SMILES string of the molecule is Cc1cnc(-c2ccncc2)n1CC1CN(C(=O)c2ccoc2)C1. The Morgan fingerprint density at radius 3 is 2.79 bits per heavy atom. The second kappa shape index (κ2) is 5.96. The summed E-state index contributed by atoms with van der Waals surface area (Å²) >= 11 is 0. The largest absolute Gasteiger partial charge is 0.472 e. The number of imidazole rings is 1. The lowest BCUT2D eigenvalue weighted by Crippen LogP contribution is -2.51. The minimum Gasteiger partial charge on any atom is -0.472 e. The number of aryl methyl sites for hydroxylation is 1. The van der Waals surface area contributed by atoms with Crippen molar-refractivity contribution in [1.82, 2.24) is 19.4 Å². The first-order valence-corrected chi connectivity index (χ1v) is 7.96. The average Bonchev–Trinajstić information content (AvgIpc) is 3.21. The number of carbonyl (C=O) groups excluding carboxylic acids is 1. The van der Waals surface area contributed by atoms with Crippen LogP contribution in [-0.4, -0.2) is 38.4 Å². The van der Waals surface area contributed by atoms with E-state index in [4.69, 9.17) is 4.42 Å². The van der Waals surface area contributed by atoms with Crippen molar-refractivity contribution in [3.63, 3.8) is 0 Å². The van der Waals surface area contributed by atoms with Gasteiger partial charge in [0, 0.05) is 55.4 Å². The van der Waals surface area contributed by atoms with Gasteiger partial charge >= 0.3 is 0 Å². The number of likely N-dealkylation sites (tertiary alicyclic amines) is 1. The number of rotatable bonds is 4. The summed E-state index contributed by atoms with van der Waals surface area (Å²) in [6.45, 7) is 4.44. The molecule has 24 heavy (non-hydrogen) atoms. The minimum atomic E-state index is 0.0386. The third kappa shape index (κ3) is 2.60. The van der Waals surface area contributed by atoms with E-state index in [1.165, 1.54) is 12.5 Å². The molecule has 0 N–H and O–H groups in total. The zero-order valence-corrected chi connectivity index (χ0v) is 13.4. The van der Waals surface area contributed by atoms with Gasteiger partial charge in [-0.05, 0) is 25.1 Å². The maximum atomic E-state index is 12.2. The fraction of sp³-hybridized carbons (Fsp3) is 0.278. The Morgan fingerprint density at radius 2 is 2.08 bits per heavy atom. The third-order valence-electron chi connectivity index (χ3n) is 4.45. The molecule has 0 aromatic carbocycles. The zero-order chi connectivity index (χ0) is 16.5. The molecule has 6 heteroatoms. The summed E-state index contributed by atoms with van der Waals surface area (Å²) in [5.41, 5.74) is 2.80. The lowest BCUT2D eigenvalue weighted by atomic mass is 9.99. The molecule has 4 rings (SSSR count). The summed E-state index contributed by atoms with van der Waals surface area (Å²) in [6, 6.07) is 5.64. The molecule has 4 heterocycles. The van der Waals surface area contributed by atoms with Gasteiger partial charge in [0.15, 0.2) is 0 Å². The molecule has 0 bridgehead atoms. The van der Waals surface area contributed by atoms with E-state index in [1.54, 1.807) is 18.5 Å². The number of amides is 1. The van der Waals surface area contributed by atoms with Gasteiger partial charge in [-0.25, -0.2) is 4.98 Å². The fourth-order valence-electron chi connectivity index (χ4n) is 3.10. The van der Waals surface area contributed by atoms with Crippen LogP contribution in [0.5, 0.6) is 0 Å². The van der Waals surface area contributed by atoms with Crippen LogP contribution in [0.3, 0.4) is 0 Å². The molecule has 1 amide bonds. The first-order chi connectivity index (χ1) is 11.7. The van der Waals surface area contributed by atoms with Gasteiger partial charge in [-0.3, -0.25) is 9.78 Å². The lowest BCUT2D eigenvalue weighted by Gasteiger charge is -2.39. The van der Waals surface area contributed by atoms with E-state index in [-0.39, 0.29) is 5.91 Å². The summed E-state index contributed by atoms with van der Waals surface area (Å²) in [5, 5.41) is 0. The van der Waals surface area contributed by atoms with Crippen molar-refractivity contribution in [3.8, 4) is 11.4 Å². The Balaban J connectivity index is 1.45. The van der Waals surface area contributed by atoms with E-state index in [2.05, 4.69) is 21.5 Å². The van der Waals surface area contributed by atoms with Crippen molar-refractivity contribution in [2.75, 3.05) is 13.1 Å². The van der Waals surface area contributed by atoms with Crippen molar-refractivity contribution in [2.45, 2.75) is 13.5 Å². The second-order valence-electron chi connectivity index (χ2n) is 6.16. The zero-order valence-electron chi connectivity index (χ0n) is 13.4. The smallest absolute Gasteiger partial charge is 0.257 e. The number of nitrogens with zero attached hydrogens (tertiary/aromatic N) is 4. The Hall–Kier alpha value is -2.89. The van der Waals surface area contributed by atoms with Crippen molar-refractivity contribution in [1.29, 1.82) is 0 Å². The summed E-state index contributed by atoms with van der Waals surface area (Å²) in [7, 11) is 0. The molecule has 0 aliphatic carbocycles. The Labute approximate surface area is 139 Å². The Morgan fingerprint density at radius 1 is 1.29 bits per heavy atom. The van der Waals surface area contributed by atoms with Crippen LogP contribution < -0.4 is 0 Å². The van der Waals surface area contributed by atoms with Crippen LogP contribution in [0.2, 0.25) is 0 Å². The van der Waals surface area contributed by atoms with Gasteiger partial charge in [0.1, 0.15) is 12.1 Å². The number of carbonyl (C=O) groups is 1. The molecule has 3 aromatic rings. The van der Waals surface area contributed by atoms with E-state index in [1.807, 2.05) is 23.2 Å². The van der Waals surface area contributed by atoms with Gasteiger partial charge < -0.3 is 13.9 Å². The molecule has 1 aliphatic heterocycles. The fourth-order valence-corrected chi connectivity index (χ4v) is 3.10. The van der Waals surface area contributed by atoms with Crippen LogP contribution in [0.25, 0.3) is 11.4 Å². The summed E-state index contributed by atoms with van der Waals surface area (Å²) in [4.78, 5) is 22.7. The molecular weight excluding hydrogens is 304 g/mol. The highest BCUT2D eigenvalue weighted by Gasteiger charge is 2.32. The molecule has 0 radical (unpaired) electrons. The quantitative estimate of drug-likeness (QED) is 0.741. The van der Waals surface area contributed by atoms with E-state index in [0.717, 1.165) is 36.7 Å². The van der Waals surface area contributed by atoms with Gasteiger partial charge in [-0.2, -0.15) is 0 Å². The molecule has 6 nitrogen and oxygen atoms in total. The van der Waals surface area contributed by atoms with Gasteiger partial charge in [-0.1, -0.05) is 0 Å². The van der Waals surface area contributed by atoms with Gasteiger partial charge in [0.25, 0.3) is 5.91 Å². The monoisotopic (exact) mass is 322 g/mol. The molecule has 122 valence electrons. The highest BCUT2D eigenvalue weighted by Crippen LogP contribution is 2.25. The van der Waals surface area contributed by atoms with Crippen molar-refractivity contribution in [2.24, 2.45) is 5.92 Å². The van der Waals surface area contributed by atoms with Crippen LogP contribution in [0.1, 0.15) is 16.1 Å². The van der Waals surface area contributed by atoms with Crippen LogP contribution in [0, 0.1) is 12.8 Å². The number of hydrogen-bond acceptors (Lipinski definition) is 4. The first-order valence-electron chi connectivity index (χ1n) is 7.96. The average molecular weight is 322 g/mol. The van der Waals surface area contributed by atoms with Gasteiger partial charge in [0.05, 0.1) is 11.8 Å². The lowest BCUT2D eigenvalue weighted by molar-refractivity contribution is 0.0468. The maximum absolute atomic E-state index is 12.2. The summed E-state index contributed by atoms with van der Waals surface area (Å²) < 4.78 is 7.20. The maximum Gasteiger partial charge on any atom is 0.257 e. The number of aromatic nitrogens is 3. The molecule has 0 spiro atoms. The summed E-state index contributed by atoms with van der Waals surface area (Å²) in [6.07, 6.45) is 8.47. The molecule has 0 unspecified atom stereocenters. The van der Waals surface area contributed by atoms with E-state index in [0.29, 0.717) is 11.5 Å². The number of furan rings is 1. The second-order valence-corrected chi connectivity index (χ2v) is 6.16. The minimum absolute atomic E-state index is 0.0386. The van der Waals surface area contributed by atoms with E-state index < -0.39 is 0 Å². The molecule has 1 fully saturated rings.